The number of ether oxygens (including phenoxy) is 2. The number of nitrogens with one attached hydrogen (secondary N) is 1. The van der Waals surface area contributed by atoms with Crippen LogP contribution in [0.4, 0.5) is 10.1 Å². The molecule has 0 unspecified atom stereocenters. The number of hydrogen-bond acceptors (Lipinski definition) is 3. The normalized spacial score (nSPS) is 10.1. The Balaban J connectivity index is 2.09. The first kappa shape index (κ1) is 13.2. The van der Waals surface area contributed by atoms with E-state index in [0.717, 1.165) is 11.3 Å². The van der Waals surface area contributed by atoms with E-state index in [4.69, 9.17) is 9.47 Å². The molecular weight excluding hydrogens is 245 g/mol. The van der Waals surface area contributed by atoms with Crippen LogP contribution in [0.1, 0.15) is 5.56 Å². The van der Waals surface area contributed by atoms with Crippen LogP contribution in [0.3, 0.4) is 0 Å². The minimum absolute atomic E-state index is 0.302. The molecule has 0 fully saturated rings. The van der Waals surface area contributed by atoms with Crippen molar-refractivity contribution in [3.63, 3.8) is 0 Å². The van der Waals surface area contributed by atoms with Crippen LogP contribution in [-0.2, 0) is 6.54 Å². The molecule has 100 valence electrons. The first-order chi connectivity index (χ1) is 9.22. The lowest BCUT2D eigenvalue weighted by molar-refractivity contribution is 0.413. The van der Waals surface area contributed by atoms with Gasteiger partial charge < -0.3 is 14.8 Å². The Kier molecular flexibility index (Phi) is 4.23. The van der Waals surface area contributed by atoms with E-state index in [-0.39, 0.29) is 5.82 Å². The number of methoxy groups -OCH3 is 2. The van der Waals surface area contributed by atoms with Gasteiger partial charge in [-0.3, -0.25) is 0 Å². The van der Waals surface area contributed by atoms with Gasteiger partial charge in [0.05, 0.1) is 19.9 Å². The molecule has 0 atom stereocenters. The predicted octanol–water partition coefficient (Wildman–Crippen LogP) is 3.46. The van der Waals surface area contributed by atoms with Crippen LogP contribution < -0.4 is 14.8 Å². The van der Waals surface area contributed by atoms with Crippen LogP contribution in [0, 0.1) is 5.82 Å². The molecule has 0 spiro atoms. The quantitative estimate of drug-likeness (QED) is 0.894. The molecule has 0 radical (unpaired) electrons. The molecule has 2 aromatic carbocycles. The number of hydrogen-bond donors (Lipinski definition) is 1. The molecule has 19 heavy (non-hydrogen) atoms. The van der Waals surface area contributed by atoms with Gasteiger partial charge in [-0.05, 0) is 29.8 Å². The summed E-state index contributed by atoms with van der Waals surface area (Å²) in [5, 5.41) is 3.04. The molecule has 0 aliphatic carbocycles. The van der Waals surface area contributed by atoms with Crippen molar-refractivity contribution in [3.8, 4) is 11.5 Å². The predicted molar refractivity (Wildman–Crippen MR) is 73.3 cm³/mol. The van der Waals surface area contributed by atoms with Crippen LogP contribution in [-0.4, -0.2) is 14.2 Å². The van der Waals surface area contributed by atoms with Gasteiger partial charge >= 0.3 is 0 Å². The van der Waals surface area contributed by atoms with Crippen molar-refractivity contribution < 1.29 is 13.9 Å². The van der Waals surface area contributed by atoms with Crippen LogP contribution in [0.25, 0.3) is 0 Å². The zero-order valence-electron chi connectivity index (χ0n) is 10.9. The van der Waals surface area contributed by atoms with E-state index in [0.29, 0.717) is 18.0 Å². The van der Waals surface area contributed by atoms with Crippen molar-refractivity contribution in [2.75, 3.05) is 19.5 Å². The molecule has 1 N–H and O–H groups in total. The molecule has 0 bridgehead atoms. The summed E-state index contributed by atoms with van der Waals surface area (Å²) in [6.07, 6.45) is 0. The third kappa shape index (κ3) is 3.37. The lowest BCUT2D eigenvalue weighted by atomic mass is 10.2. The van der Waals surface area contributed by atoms with E-state index in [1.165, 1.54) is 6.07 Å². The average Bonchev–Trinajstić information content (AvgIpc) is 2.46. The number of halogens is 1. The molecule has 3 nitrogen and oxygen atoms in total. The summed E-state index contributed by atoms with van der Waals surface area (Å²) >= 11 is 0. The Hall–Kier alpha value is -2.23. The van der Waals surface area contributed by atoms with E-state index >= 15 is 0 Å². The van der Waals surface area contributed by atoms with E-state index < -0.39 is 0 Å². The monoisotopic (exact) mass is 261 g/mol. The van der Waals surface area contributed by atoms with Gasteiger partial charge in [0, 0.05) is 12.6 Å². The summed E-state index contributed by atoms with van der Waals surface area (Å²) in [5.41, 5.74) is 1.43. The van der Waals surface area contributed by atoms with Crippen molar-refractivity contribution >= 4 is 5.69 Å². The Morgan fingerprint density at radius 1 is 1.00 bits per heavy atom. The molecule has 2 aromatic rings. The van der Waals surface area contributed by atoms with Crippen molar-refractivity contribution in [2.45, 2.75) is 6.54 Å². The van der Waals surface area contributed by atoms with Gasteiger partial charge in [0.15, 0.2) is 0 Å². The fourth-order valence-electron chi connectivity index (χ4n) is 1.75. The minimum atomic E-state index is -0.302. The van der Waals surface area contributed by atoms with Gasteiger partial charge in [0.2, 0.25) is 0 Å². The first-order valence-corrected chi connectivity index (χ1v) is 5.93. The summed E-state index contributed by atoms with van der Waals surface area (Å²) < 4.78 is 23.8. The van der Waals surface area contributed by atoms with E-state index in [1.54, 1.807) is 26.4 Å². The topological polar surface area (TPSA) is 30.5 Å². The molecule has 0 aliphatic rings. The lowest BCUT2D eigenvalue weighted by Gasteiger charge is -2.10. The molecule has 0 aromatic heterocycles. The smallest absolute Gasteiger partial charge is 0.146 e. The summed E-state index contributed by atoms with van der Waals surface area (Å²) in [7, 11) is 3.17. The molecular formula is C15H16FNO2. The van der Waals surface area contributed by atoms with E-state index in [9.17, 15) is 4.39 Å². The summed E-state index contributed by atoms with van der Waals surface area (Å²) in [4.78, 5) is 0. The minimum Gasteiger partial charge on any atom is -0.497 e. The van der Waals surface area contributed by atoms with Crippen molar-refractivity contribution in [2.24, 2.45) is 0 Å². The van der Waals surface area contributed by atoms with Crippen molar-refractivity contribution in [1.82, 2.24) is 0 Å². The van der Waals surface area contributed by atoms with Crippen LogP contribution in [0.5, 0.6) is 11.5 Å². The number of benzene rings is 2. The fourth-order valence-corrected chi connectivity index (χ4v) is 1.75. The highest BCUT2D eigenvalue weighted by Crippen LogP contribution is 2.22. The fraction of sp³-hybridized carbons (Fsp3) is 0.200. The molecule has 0 saturated heterocycles. The third-order valence-electron chi connectivity index (χ3n) is 2.79. The second-order valence-corrected chi connectivity index (χ2v) is 4.05. The molecule has 4 heteroatoms. The van der Waals surface area contributed by atoms with Crippen LogP contribution in [0.15, 0.2) is 42.5 Å². The number of rotatable bonds is 5. The van der Waals surface area contributed by atoms with Gasteiger partial charge in [-0.1, -0.05) is 12.1 Å². The van der Waals surface area contributed by atoms with Gasteiger partial charge in [0.1, 0.15) is 17.3 Å². The summed E-state index contributed by atoms with van der Waals surface area (Å²) in [6, 6.07) is 12.2. The van der Waals surface area contributed by atoms with Gasteiger partial charge in [-0.25, -0.2) is 4.39 Å². The maximum absolute atomic E-state index is 13.6. The molecule has 0 heterocycles. The second kappa shape index (κ2) is 6.09. The Morgan fingerprint density at radius 2 is 1.74 bits per heavy atom. The van der Waals surface area contributed by atoms with E-state index in [1.807, 2.05) is 24.3 Å². The zero-order chi connectivity index (χ0) is 13.7. The molecule has 0 aliphatic heterocycles. The van der Waals surface area contributed by atoms with Crippen LogP contribution in [0.2, 0.25) is 0 Å². The third-order valence-corrected chi connectivity index (χ3v) is 2.79. The van der Waals surface area contributed by atoms with Crippen LogP contribution >= 0.6 is 0 Å². The van der Waals surface area contributed by atoms with Crippen molar-refractivity contribution in [1.29, 1.82) is 0 Å². The second-order valence-electron chi connectivity index (χ2n) is 4.05. The highest BCUT2D eigenvalue weighted by Gasteiger charge is 2.04. The molecule has 0 amide bonds. The van der Waals surface area contributed by atoms with Gasteiger partial charge in [0.25, 0.3) is 0 Å². The van der Waals surface area contributed by atoms with Gasteiger partial charge in [-0.15, -0.1) is 0 Å². The SMILES string of the molecule is COc1cccc(CNc2cc(OC)ccc2F)c1. The van der Waals surface area contributed by atoms with Gasteiger partial charge in [-0.2, -0.15) is 0 Å². The Labute approximate surface area is 112 Å². The lowest BCUT2D eigenvalue weighted by Crippen LogP contribution is -2.02. The molecule has 2 rings (SSSR count). The largest absolute Gasteiger partial charge is 0.497 e. The van der Waals surface area contributed by atoms with Crippen molar-refractivity contribution in [3.05, 3.63) is 53.8 Å². The summed E-state index contributed by atoms with van der Waals surface area (Å²) in [5.74, 6) is 1.10. The Bertz CT molecular complexity index is 558. The van der Waals surface area contributed by atoms with E-state index in [2.05, 4.69) is 5.32 Å². The first-order valence-electron chi connectivity index (χ1n) is 5.93. The average molecular weight is 261 g/mol. The standard InChI is InChI=1S/C15H16FNO2/c1-18-12-5-3-4-11(8-12)10-17-15-9-13(19-2)6-7-14(15)16/h3-9,17H,10H2,1-2H3. The maximum Gasteiger partial charge on any atom is 0.146 e. The zero-order valence-corrected chi connectivity index (χ0v) is 10.9. The highest BCUT2D eigenvalue weighted by molar-refractivity contribution is 5.50. The molecule has 0 saturated carbocycles. The maximum atomic E-state index is 13.6. The Morgan fingerprint density at radius 3 is 2.47 bits per heavy atom. The number of anilines is 1. The summed E-state index contributed by atoms with van der Waals surface area (Å²) in [6.45, 7) is 0.515. The highest BCUT2D eigenvalue weighted by atomic mass is 19.1.